The predicted octanol–water partition coefficient (Wildman–Crippen LogP) is 3.54. The van der Waals surface area contributed by atoms with Crippen LogP contribution in [0.5, 0.6) is 0 Å². The van der Waals surface area contributed by atoms with Gasteiger partial charge in [0.25, 0.3) is 5.56 Å². The van der Waals surface area contributed by atoms with E-state index in [1.54, 1.807) is 10.6 Å². The minimum atomic E-state index is -0.0649. The standard InChI is InChI=1S/C18H14BrN3OS/c1-9-4-11(3)12(5-10(9)2)6-15-17(23)22-16-14(21-18(22)24-15)7-13(19)8-20-16/h4-8H,1-3H3/b15-6-. The van der Waals surface area contributed by atoms with Crippen LogP contribution in [0, 0.1) is 20.8 Å². The normalized spacial score (nSPS) is 12.6. The Hall–Kier alpha value is -2.05. The molecule has 3 heterocycles. The number of thiazole rings is 1. The molecule has 0 fully saturated rings. The van der Waals surface area contributed by atoms with Gasteiger partial charge in [-0.1, -0.05) is 23.5 Å². The number of nitrogens with zero attached hydrogens (tertiary/aromatic N) is 3. The van der Waals surface area contributed by atoms with Crippen LogP contribution in [0.4, 0.5) is 0 Å². The highest BCUT2D eigenvalue weighted by molar-refractivity contribution is 9.10. The fourth-order valence-corrected chi connectivity index (χ4v) is 4.08. The zero-order valence-corrected chi connectivity index (χ0v) is 15.8. The van der Waals surface area contributed by atoms with Crippen molar-refractivity contribution < 1.29 is 0 Å². The second kappa shape index (κ2) is 5.50. The molecule has 4 aromatic rings. The quantitative estimate of drug-likeness (QED) is 0.491. The van der Waals surface area contributed by atoms with Crippen LogP contribution in [-0.4, -0.2) is 14.4 Å². The van der Waals surface area contributed by atoms with Crippen molar-refractivity contribution in [2.24, 2.45) is 0 Å². The summed E-state index contributed by atoms with van der Waals surface area (Å²) in [6.45, 7) is 6.25. The third-order valence-corrected chi connectivity index (χ3v) is 5.62. The summed E-state index contributed by atoms with van der Waals surface area (Å²) in [5, 5.41) is 0. The van der Waals surface area contributed by atoms with Crippen molar-refractivity contribution in [2.45, 2.75) is 20.8 Å². The molecule has 0 bridgehead atoms. The van der Waals surface area contributed by atoms with Crippen molar-refractivity contribution in [1.82, 2.24) is 14.4 Å². The van der Waals surface area contributed by atoms with E-state index in [-0.39, 0.29) is 5.56 Å². The number of hydrogen-bond acceptors (Lipinski definition) is 4. The van der Waals surface area contributed by atoms with E-state index in [0.717, 1.165) is 21.1 Å². The topological polar surface area (TPSA) is 47.3 Å². The van der Waals surface area contributed by atoms with Crippen LogP contribution < -0.4 is 10.1 Å². The van der Waals surface area contributed by atoms with Crippen molar-refractivity contribution in [3.8, 4) is 0 Å². The Balaban J connectivity index is 2.00. The molecule has 0 N–H and O–H groups in total. The van der Waals surface area contributed by atoms with E-state index in [9.17, 15) is 4.79 Å². The first-order valence-corrected chi connectivity index (χ1v) is 9.11. The Morgan fingerprint density at radius 2 is 1.88 bits per heavy atom. The van der Waals surface area contributed by atoms with E-state index in [1.807, 2.05) is 12.1 Å². The summed E-state index contributed by atoms with van der Waals surface area (Å²) >= 11 is 4.78. The first-order valence-electron chi connectivity index (χ1n) is 7.50. The highest BCUT2D eigenvalue weighted by Gasteiger charge is 2.12. The van der Waals surface area contributed by atoms with Gasteiger partial charge in [-0.3, -0.25) is 4.79 Å². The molecule has 1 aromatic carbocycles. The van der Waals surface area contributed by atoms with Gasteiger partial charge in [-0.05, 0) is 71.1 Å². The van der Waals surface area contributed by atoms with Gasteiger partial charge in [0.05, 0.1) is 4.53 Å². The molecule has 0 unspecified atom stereocenters. The van der Waals surface area contributed by atoms with Crippen LogP contribution in [-0.2, 0) is 0 Å². The number of pyridine rings is 1. The zero-order valence-electron chi connectivity index (χ0n) is 13.4. The number of imidazole rings is 1. The average Bonchev–Trinajstić information content (AvgIpc) is 3.01. The second-order valence-electron chi connectivity index (χ2n) is 5.93. The minimum Gasteiger partial charge on any atom is -0.267 e. The second-order valence-corrected chi connectivity index (χ2v) is 7.86. The van der Waals surface area contributed by atoms with Gasteiger partial charge in [0, 0.05) is 10.7 Å². The van der Waals surface area contributed by atoms with Crippen molar-refractivity contribution in [3.63, 3.8) is 0 Å². The molecular formula is C18H14BrN3OS. The van der Waals surface area contributed by atoms with Crippen LogP contribution in [0.1, 0.15) is 22.3 Å². The van der Waals surface area contributed by atoms with E-state index in [1.165, 1.54) is 22.5 Å². The maximum absolute atomic E-state index is 12.8. The first-order chi connectivity index (χ1) is 11.4. The molecule has 0 amide bonds. The summed E-state index contributed by atoms with van der Waals surface area (Å²) in [7, 11) is 0. The minimum absolute atomic E-state index is 0.0649. The Morgan fingerprint density at radius 3 is 2.67 bits per heavy atom. The van der Waals surface area contributed by atoms with Gasteiger partial charge >= 0.3 is 0 Å². The average molecular weight is 400 g/mol. The lowest BCUT2D eigenvalue weighted by Gasteiger charge is -2.05. The Bertz CT molecular complexity index is 1220. The molecule has 24 heavy (non-hydrogen) atoms. The SMILES string of the molecule is Cc1cc(C)c(/C=c2\sc3nc4cc(Br)cnc4n3c2=O)cc1C. The van der Waals surface area contributed by atoms with Crippen molar-refractivity contribution in [2.75, 3.05) is 0 Å². The molecule has 4 rings (SSSR count). The van der Waals surface area contributed by atoms with Gasteiger partial charge in [0.15, 0.2) is 10.6 Å². The molecular weight excluding hydrogens is 386 g/mol. The molecule has 0 saturated heterocycles. The highest BCUT2D eigenvalue weighted by atomic mass is 79.9. The van der Waals surface area contributed by atoms with Crippen LogP contribution in [0.25, 0.3) is 22.2 Å². The largest absolute Gasteiger partial charge is 0.276 e. The number of aromatic nitrogens is 3. The van der Waals surface area contributed by atoms with Gasteiger partial charge in [-0.2, -0.15) is 0 Å². The Morgan fingerprint density at radius 1 is 1.12 bits per heavy atom. The summed E-state index contributed by atoms with van der Waals surface area (Å²) in [5.41, 5.74) is 5.97. The van der Waals surface area contributed by atoms with E-state index < -0.39 is 0 Å². The van der Waals surface area contributed by atoms with Gasteiger partial charge < -0.3 is 0 Å². The van der Waals surface area contributed by atoms with E-state index in [4.69, 9.17) is 0 Å². The van der Waals surface area contributed by atoms with Gasteiger partial charge in [0.1, 0.15) is 5.52 Å². The van der Waals surface area contributed by atoms with Crippen LogP contribution in [0.2, 0.25) is 0 Å². The molecule has 4 nitrogen and oxygen atoms in total. The summed E-state index contributed by atoms with van der Waals surface area (Å²) in [6, 6.07) is 6.15. The Labute approximate surface area is 150 Å². The monoisotopic (exact) mass is 399 g/mol. The smallest absolute Gasteiger partial charge is 0.267 e. The molecule has 0 spiro atoms. The van der Waals surface area contributed by atoms with Crippen LogP contribution in [0.15, 0.2) is 33.7 Å². The molecule has 0 saturated carbocycles. The van der Waals surface area contributed by atoms with Crippen molar-refractivity contribution in [1.29, 1.82) is 0 Å². The molecule has 0 aliphatic carbocycles. The number of benzene rings is 1. The third kappa shape index (κ3) is 2.37. The van der Waals surface area contributed by atoms with Gasteiger partial charge in [-0.15, -0.1) is 0 Å². The molecule has 6 heteroatoms. The van der Waals surface area contributed by atoms with Gasteiger partial charge in [-0.25, -0.2) is 14.4 Å². The predicted molar refractivity (Wildman–Crippen MR) is 102 cm³/mol. The third-order valence-electron chi connectivity index (χ3n) is 4.22. The number of halogens is 1. The van der Waals surface area contributed by atoms with Gasteiger partial charge in [0.2, 0.25) is 0 Å². The lowest BCUT2D eigenvalue weighted by atomic mass is 10.0. The van der Waals surface area contributed by atoms with E-state index in [2.05, 4.69) is 58.8 Å². The summed E-state index contributed by atoms with van der Waals surface area (Å²) < 4.78 is 3.12. The fourth-order valence-electron chi connectivity index (χ4n) is 2.79. The highest BCUT2D eigenvalue weighted by Crippen LogP contribution is 2.19. The molecule has 3 aromatic heterocycles. The molecule has 0 aliphatic rings. The van der Waals surface area contributed by atoms with Crippen molar-refractivity contribution >= 4 is 49.5 Å². The van der Waals surface area contributed by atoms with E-state index >= 15 is 0 Å². The zero-order chi connectivity index (χ0) is 17.0. The number of rotatable bonds is 1. The number of aryl methyl sites for hydroxylation is 3. The first kappa shape index (κ1) is 15.5. The number of fused-ring (bicyclic) bond motifs is 3. The summed E-state index contributed by atoms with van der Waals surface area (Å²) in [4.78, 5) is 22.3. The maximum Gasteiger partial charge on any atom is 0.276 e. The maximum atomic E-state index is 12.8. The molecule has 0 radical (unpaired) electrons. The number of hydrogen-bond donors (Lipinski definition) is 0. The lowest BCUT2D eigenvalue weighted by Crippen LogP contribution is -2.23. The molecule has 0 atom stereocenters. The van der Waals surface area contributed by atoms with Crippen molar-refractivity contribution in [3.05, 3.63) is 66.0 Å². The van der Waals surface area contributed by atoms with Crippen LogP contribution >= 0.6 is 27.3 Å². The molecule has 0 aliphatic heterocycles. The van der Waals surface area contributed by atoms with Crippen LogP contribution in [0.3, 0.4) is 0 Å². The molecule has 120 valence electrons. The summed E-state index contributed by atoms with van der Waals surface area (Å²) in [5.74, 6) is 0. The Kier molecular flexibility index (Phi) is 3.54. The summed E-state index contributed by atoms with van der Waals surface area (Å²) in [6.07, 6.45) is 3.64. The fraction of sp³-hybridized carbons (Fsp3) is 0.167. The van der Waals surface area contributed by atoms with E-state index in [0.29, 0.717) is 15.1 Å². The lowest BCUT2D eigenvalue weighted by molar-refractivity contribution is 1.15.